The molecule has 3 rings (SSSR count). The van der Waals surface area contributed by atoms with Gasteiger partial charge < -0.3 is 15.6 Å². The number of nitrogens with zero attached hydrogens (tertiary/aromatic N) is 1. The number of amides is 1. The van der Waals surface area contributed by atoms with Crippen LogP contribution >= 0.6 is 0 Å². The Labute approximate surface area is 148 Å². The van der Waals surface area contributed by atoms with Crippen molar-refractivity contribution in [3.8, 4) is 0 Å². The molecule has 0 aliphatic rings. The number of aromatic nitrogens is 1. The van der Waals surface area contributed by atoms with Crippen molar-refractivity contribution in [1.29, 1.82) is 0 Å². The van der Waals surface area contributed by atoms with E-state index in [4.69, 9.17) is 5.73 Å². The van der Waals surface area contributed by atoms with E-state index in [1.54, 1.807) is 0 Å². The molecule has 4 nitrogen and oxygen atoms in total. The summed E-state index contributed by atoms with van der Waals surface area (Å²) < 4.78 is 2.06. The Morgan fingerprint density at radius 1 is 1.12 bits per heavy atom. The highest BCUT2D eigenvalue weighted by Gasteiger charge is 2.22. The van der Waals surface area contributed by atoms with Crippen LogP contribution in [0.15, 0.2) is 54.6 Å². The third-order valence-electron chi connectivity index (χ3n) is 4.61. The third-order valence-corrected chi connectivity index (χ3v) is 4.61. The molecule has 1 amide bonds. The molecule has 1 atom stereocenters. The van der Waals surface area contributed by atoms with Gasteiger partial charge in [-0.25, -0.2) is 0 Å². The van der Waals surface area contributed by atoms with Gasteiger partial charge in [-0.3, -0.25) is 4.79 Å². The smallest absolute Gasteiger partial charge is 0.270 e. The van der Waals surface area contributed by atoms with Crippen molar-refractivity contribution in [2.75, 3.05) is 5.73 Å². The molecule has 0 radical (unpaired) electrons. The number of nitrogens with two attached hydrogens (primary N) is 1. The van der Waals surface area contributed by atoms with E-state index >= 15 is 0 Å². The maximum Gasteiger partial charge on any atom is 0.270 e. The number of nitrogens with one attached hydrogen (secondary N) is 1. The molecule has 0 saturated carbocycles. The summed E-state index contributed by atoms with van der Waals surface area (Å²) in [7, 11) is 0. The minimum absolute atomic E-state index is 0.0780. The Balaban J connectivity index is 1.96. The molecule has 0 unspecified atom stereocenters. The number of para-hydroxylation sites is 1. The molecule has 0 saturated heterocycles. The van der Waals surface area contributed by atoms with E-state index in [0.29, 0.717) is 11.4 Å². The van der Waals surface area contributed by atoms with Crippen LogP contribution in [0.3, 0.4) is 0 Å². The summed E-state index contributed by atoms with van der Waals surface area (Å²) in [5.41, 5.74) is 9.57. The van der Waals surface area contributed by atoms with Crippen LogP contribution in [-0.4, -0.2) is 10.5 Å². The van der Waals surface area contributed by atoms with Crippen LogP contribution in [0.25, 0.3) is 10.9 Å². The first-order valence-corrected chi connectivity index (χ1v) is 8.86. The molecule has 25 heavy (non-hydrogen) atoms. The lowest BCUT2D eigenvalue weighted by Gasteiger charge is -2.16. The van der Waals surface area contributed by atoms with Crippen molar-refractivity contribution < 1.29 is 4.79 Å². The number of nitrogen functional groups attached to an aromatic ring is 1. The Bertz CT molecular complexity index is 867. The normalized spacial score (nSPS) is 12.2. The lowest BCUT2D eigenvalue weighted by molar-refractivity contribution is 0.0931. The molecular formula is C21H25N3O. The molecule has 3 N–H and O–H groups in total. The SMILES string of the molecule is CCCCn1c(C(=O)N[C@H](C)c2ccccc2)c(N)c2ccccc21. The zero-order valence-corrected chi connectivity index (χ0v) is 14.8. The monoisotopic (exact) mass is 335 g/mol. The quantitative estimate of drug-likeness (QED) is 0.696. The summed E-state index contributed by atoms with van der Waals surface area (Å²) >= 11 is 0. The molecule has 3 aromatic rings. The van der Waals surface area contributed by atoms with Gasteiger partial charge in [0.2, 0.25) is 0 Å². The third kappa shape index (κ3) is 3.38. The average molecular weight is 335 g/mol. The van der Waals surface area contributed by atoms with Crippen molar-refractivity contribution in [3.05, 3.63) is 65.9 Å². The van der Waals surface area contributed by atoms with Gasteiger partial charge in [0.1, 0.15) is 5.69 Å². The highest BCUT2D eigenvalue weighted by atomic mass is 16.2. The Morgan fingerprint density at radius 3 is 2.52 bits per heavy atom. The summed E-state index contributed by atoms with van der Waals surface area (Å²) in [4.78, 5) is 13.0. The average Bonchev–Trinajstić information content (AvgIpc) is 2.93. The van der Waals surface area contributed by atoms with Crippen molar-refractivity contribution in [2.45, 2.75) is 39.3 Å². The van der Waals surface area contributed by atoms with E-state index in [2.05, 4.69) is 16.8 Å². The van der Waals surface area contributed by atoms with E-state index in [-0.39, 0.29) is 11.9 Å². The predicted octanol–water partition coefficient (Wildman–Crippen LogP) is 4.51. The van der Waals surface area contributed by atoms with Crippen molar-refractivity contribution in [3.63, 3.8) is 0 Å². The van der Waals surface area contributed by atoms with Gasteiger partial charge in [0.25, 0.3) is 5.91 Å². The zero-order chi connectivity index (χ0) is 17.8. The minimum atomic E-state index is -0.124. The molecule has 0 spiro atoms. The predicted molar refractivity (Wildman–Crippen MR) is 104 cm³/mol. The fourth-order valence-electron chi connectivity index (χ4n) is 3.21. The molecule has 4 heteroatoms. The van der Waals surface area contributed by atoms with E-state index in [9.17, 15) is 4.79 Å². The standard InChI is InChI=1S/C21H25N3O/c1-3-4-14-24-18-13-9-8-12-17(18)19(22)20(24)21(25)23-15(2)16-10-6-5-7-11-16/h5-13,15H,3-4,14,22H2,1-2H3,(H,23,25)/t15-/m1/s1. The summed E-state index contributed by atoms with van der Waals surface area (Å²) in [5, 5.41) is 4.03. The first kappa shape index (κ1) is 17.1. The van der Waals surface area contributed by atoms with E-state index in [1.165, 1.54) is 0 Å². The van der Waals surface area contributed by atoms with E-state index < -0.39 is 0 Å². The molecule has 0 fully saturated rings. The van der Waals surface area contributed by atoms with Gasteiger partial charge in [-0.15, -0.1) is 0 Å². The van der Waals surface area contributed by atoms with Crippen LogP contribution in [0.2, 0.25) is 0 Å². The minimum Gasteiger partial charge on any atom is -0.396 e. The lowest BCUT2D eigenvalue weighted by Crippen LogP contribution is -2.29. The molecule has 0 aliphatic heterocycles. The number of carbonyl (C=O) groups is 1. The maximum atomic E-state index is 13.0. The topological polar surface area (TPSA) is 60.0 Å². The van der Waals surface area contributed by atoms with Crippen molar-refractivity contribution in [2.24, 2.45) is 0 Å². The number of benzene rings is 2. The second kappa shape index (κ2) is 7.43. The van der Waals surface area contributed by atoms with Crippen LogP contribution in [-0.2, 0) is 6.54 Å². The molecular weight excluding hydrogens is 310 g/mol. The molecule has 1 aromatic heterocycles. The number of aryl methyl sites for hydroxylation is 1. The highest BCUT2D eigenvalue weighted by Crippen LogP contribution is 2.29. The molecule has 0 bridgehead atoms. The highest BCUT2D eigenvalue weighted by molar-refractivity contribution is 6.08. The van der Waals surface area contributed by atoms with Crippen LogP contribution in [0, 0.1) is 0 Å². The van der Waals surface area contributed by atoms with Crippen LogP contribution in [0.4, 0.5) is 5.69 Å². The first-order valence-electron chi connectivity index (χ1n) is 8.86. The second-order valence-electron chi connectivity index (χ2n) is 6.39. The summed E-state index contributed by atoms with van der Waals surface area (Å²) in [6.45, 7) is 4.92. The van der Waals surface area contributed by atoms with Gasteiger partial charge in [-0.2, -0.15) is 0 Å². The summed E-state index contributed by atoms with van der Waals surface area (Å²) in [6, 6.07) is 17.8. The maximum absolute atomic E-state index is 13.0. The number of carbonyl (C=O) groups excluding carboxylic acids is 1. The number of hydrogen-bond donors (Lipinski definition) is 2. The van der Waals surface area contributed by atoms with E-state index in [0.717, 1.165) is 35.9 Å². The largest absolute Gasteiger partial charge is 0.396 e. The Kier molecular flexibility index (Phi) is 5.08. The zero-order valence-electron chi connectivity index (χ0n) is 14.8. The van der Waals surface area contributed by atoms with Crippen molar-refractivity contribution >= 4 is 22.5 Å². The van der Waals surface area contributed by atoms with Crippen LogP contribution in [0.1, 0.15) is 48.8 Å². The number of rotatable bonds is 6. The Morgan fingerprint density at radius 2 is 1.80 bits per heavy atom. The molecule has 1 heterocycles. The molecule has 0 aliphatic carbocycles. The van der Waals surface area contributed by atoms with E-state index in [1.807, 2.05) is 61.5 Å². The number of anilines is 1. The van der Waals surface area contributed by atoms with Gasteiger partial charge in [-0.1, -0.05) is 61.9 Å². The molecule has 2 aromatic carbocycles. The summed E-state index contributed by atoms with van der Waals surface area (Å²) in [5.74, 6) is -0.124. The second-order valence-corrected chi connectivity index (χ2v) is 6.39. The van der Waals surface area contributed by atoms with Crippen LogP contribution in [0.5, 0.6) is 0 Å². The van der Waals surface area contributed by atoms with Gasteiger partial charge in [-0.05, 0) is 25.0 Å². The van der Waals surface area contributed by atoms with Gasteiger partial charge in [0.15, 0.2) is 0 Å². The first-order chi connectivity index (χ1) is 12.1. The number of fused-ring (bicyclic) bond motifs is 1. The fourth-order valence-corrected chi connectivity index (χ4v) is 3.21. The Hall–Kier alpha value is -2.75. The van der Waals surface area contributed by atoms with Crippen LogP contribution < -0.4 is 11.1 Å². The number of unbranched alkanes of at least 4 members (excludes halogenated alkanes) is 1. The van der Waals surface area contributed by atoms with Crippen molar-refractivity contribution in [1.82, 2.24) is 9.88 Å². The van der Waals surface area contributed by atoms with Gasteiger partial charge in [0, 0.05) is 11.9 Å². The van der Waals surface area contributed by atoms with Gasteiger partial charge in [0.05, 0.1) is 17.2 Å². The summed E-state index contributed by atoms with van der Waals surface area (Å²) in [6.07, 6.45) is 2.07. The lowest BCUT2D eigenvalue weighted by atomic mass is 10.1. The number of hydrogen-bond acceptors (Lipinski definition) is 2. The fraction of sp³-hybridized carbons (Fsp3) is 0.286. The molecule has 130 valence electrons. The van der Waals surface area contributed by atoms with Gasteiger partial charge >= 0.3 is 0 Å².